The van der Waals surface area contributed by atoms with Gasteiger partial charge < -0.3 is 5.32 Å². The lowest BCUT2D eigenvalue weighted by molar-refractivity contribution is -0.121. The number of hydrogen-bond acceptors (Lipinski definition) is 3. The number of carbonyl (C=O) groups excluding carboxylic acids is 1. The van der Waals surface area contributed by atoms with Crippen molar-refractivity contribution in [2.24, 2.45) is 5.41 Å². The van der Waals surface area contributed by atoms with Gasteiger partial charge in [0.2, 0.25) is 15.9 Å². The predicted octanol–water partition coefficient (Wildman–Crippen LogP) is 2.47. The maximum Gasteiger partial charge on any atom is 0.240 e. The molecule has 2 N–H and O–H groups in total. The van der Waals surface area contributed by atoms with E-state index < -0.39 is 10.0 Å². The van der Waals surface area contributed by atoms with Gasteiger partial charge in [0.25, 0.3) is 0 Å². The van der Waals surface area contributed by atoms with Crippen LogP contribution in [0.25, 0.3) is 0 Å². The number of rotatable bonds is 8. The van der Waals surface area contributed by atoms with Crippen LogP contribution < -0.4 is 10.0 Å². The van der Waals surface area contributed by atoms with Gasteiger partial charge in [0.1, 0.15) is 0 Å². The van der Waals surface area contributed by atoms with Crippen molar-refractivity contribution in [1.29, 1.82) is 0 Å². The molecular formula is C17H28N2O3S. The van der Waals surface area contributed by atoms with Crippen LogP contribution in [0.3, 0.4) is 0 Å². The SMILES string of the molecule is CCCNS(=O)(=O)c1ccc(CCC(=O)NCC(C)(C)C)cc1. The zero-order valence-electron chi connectivity index (χ0n) is 14.5. The lowest BCUT2D eigenvalue weighted by Crippen LogP contribution is -2.32. The van der Waals surface area contributed by atoms with Crippen LogP contribution in [-0.4, -0.2) is 27.4 Å². The lowest BCUT2D eigenvalue weighted by atomic mass is 9.97. The summed E-state index contributed by atoms with van der Waals surface area (Å²) in [5, 5.41) is 2.91. The van der Waals surface area contributed by atoms with E-state index in [1.54, 1.807) is 24.3 Å². The number of sulfonamides is 1. The standard InChI is InChI=1S/C17H28N2O3S/c1-5-12-19-23(21,22)15-9-6-14(7-10-15)8-11-16(20)18-13-17(2,3)4/h6-7,9-10,19H,5,8,11-13H2,1-4H3,(H,18,20). The zero-order valence-corrected chi connectivity index (χ0v) is 15.3. The first-order chi connectivity index (χ1) is 10.6. The molecule has 1 aromatic rings. The van der Waals surface area contributed by atoms with Crippen LogP contribution in [0.5, 0.6) is 0 Å². The van der Waals surface area contributed by atoms with E-state index in [9.17, 15) is 13.2 Å². The van der Waals surface area contributed by atoms with Crippen molar-refractivity contribution in [3.05, 3.63) is 29.8 Å². The van der Waals surface area contributed by atoms with Crippen molar-refractivity contribution < 1.29 is 13.2 Å². The smallest absolute Gasteiger partial charge is 0.240 e. The average molecular weight is 340 g/mol. The first-order valence-electron chi connectivity index (χ1n) is 7.99. The fourth-order valence-corrected chi connectivity index (χ4v) is 3.00. The monoisotopic (exact) mass is 340 g/mol. The molecule has 0 spiro atoms. The average Bonchev–Trinajstić information content (AvgIpc) is 2.48. The van der Waals surface area contributed by atoms with Gasteiger partial charge in [0.05, 0.1) is 4.90 Å². The molecule has 6 heteroatoms. The molecule has 23 heavy (non-hydrogen) atoms. The summed E-state index contributed by atoms with van der Waals surface area (Å²) < 4.78 is 26.5. The van der Waals surface area contributed by atoms with Crippen molar-refractivity contribution in [1.82, 2.24) is 10.0 Å². The third-order valence-corrected chi connectivity index (χ3v) is 4.71. The van der Waals surface area contributed by atoms with E-state index >= 15 is 0 Å². The second-order valence-corrected chi connectivity index (χ2v) is 8.65. The molecule has 0 heterocycles. The molecule has 5 nitrogen and oxygen atoms in total. The normalized spacial score (nSPS) is 12.2. The van der Waals surface area contributed by atoms with Gasteiger partial charge in [-0.05, 0) is 36.0 Å². The molecule has 0 fully saturated rings. The summed E-state index contributed by atoms with van der Waals surface area (Å²) in [6.07, 6.45) is 1.75. The van der Waals surface area contributed by atoms with Gasteiger partial charge in [-0.25, -0.2) is 13.1 Å². The second kappa shape index (κ2) is 8.45. The molecule has 0 radical (unpaired) electrons. The molecule has 1 rings (SSSR count). The van der Waals surface area contributed by atoms with Gasteiger partial charge in [0.15, 0.2) is 0 Å². The van der Waals surface area contributed by atoms with Gasteiger partial charge in [-0.1, -0.05) is 39.8 Å². The Balaban J connectivity index is 2.53. The van der Waals surface area contributed by atoms with E-state index in [2.05, 4.69) is 30.8 Å². The molecule has 0 aliphatic rings. The summed E-state index contributed by atoms with van der Waals surface area (Å²) in [4.78, 5) is 12.0. The zero-order chi connectivity index (χ0) is 17.5. The number of nitrogens with one attached hydrogen (secondary N) is 2. The van der Waals surface area contributed by atoms with Crippen LogP contribution in [0.4, 0.5) is 0 Å². The fourth-order valence-electron chi connectivity index (χ4n) is 1.87. The molecule has 0 aliphatic carbocycles. The van der Waals surface area contributed by atoms with Crippen LogP contribution >= 0.6 is 0 Å². The third-order valence-electron chi connectivity index (χ3n) is 3.23. The minimum atomic E-state index is -3.42. The van der Waals surface area contributed by atoms with Crippen LogP contribution in [-0.2, 0) is 21.2 Å². The number of benzene rings is 1. The van der Waals surface area contributed by atoms with Crippen molar-refractivity contribution >= 4 is 15.9 Å². The summed E-state index contributed by atoms with van der Waals surface area (Å²) in [6.45, 7) is 9.19. The molecule has 0 aromatic heterocycles. The van der Waals surface area contributed by atoms with E-state index in [-0.39, 0.29) is 16.2 Å². The first kappa shape index (κ1) is 19.6. The van der Waals surface area contributed by atoms with Crippen molar-refractivity contribution in [3.8, 4) is 0 Å². The van der Waals surface area contributed by atoms with Gasteiger partial charge in [-0.2, -0.15) is 0 Å². The second-order valence-electron chi connectivity index (χ2n) is 6.88. The van der Waals surface area contributed by atoms with Crippen molar-refractivity contribution in [2.45, 2.75) is 51.9 Å². The van der Waals surface area contributed by atoms with Crippen LogP contribution in [0.15, 0.2) is 29.2 Å². The van der Waals surface area contributed by atoms with E-state index in [0.29, 0.717) is 25.9 Å². The van der Waals surface area contributed by atoms with Crippen LogP contribution in [0.2, 0.25) is 0 Å². The Hall–Kier alpha value is -1.40. The van der Waals surface area contributed by atoms with Gasteiger partial charge in [-0.3, -0.25) is 4.79 Å². The van der Waals surface area contributed by atoms with E-state index in [1.165, 1.54) is 0 Å². The van der Waals surface area contributed by atoms with E-state index in [0.717, 1.165) is 12.0 Å². The molecule has 0 saturated carbocycles. The number of carbonyl (C=O) groups is 1. The van der Waals surface area contributed by atoms with Gasteiger partial charge >= 0.3 is 0 Å². The molecule has 0 unspecified atom stereocenters. The maximum absolute atomic E-state index is 12.0. The topological polar surface area (TPSA) is 75.3 Å². The van der Waals surface area contributed by atoms with Gasteiger partial charge in [-0.15, -0.1) is 0 Å². The Morgan fingerprint density at radius 3 is 2.26 bits per heavy atom. The van der Waals surface area contributed by atoms with Crippen molar-refractivity contribution in [2.75, 3.05) is 13.1 Å². The molecule has 1 aromatic carbocycles. The minimum absolute atomic E-state index is 0.0150. The quantitative estimate of drug-likeness (QED) is 0.763. The molecule has 0 aliphatic heterocycles. The predicted molar refractivity (Wildman–Crippen MR) is 92.7 cm³/mol. The van der Waals surface area contributed by atoms with Crippen molar-refractivity contribution in [3.63, 3.8) is 0 Å². The Kier molecular flexibility index (Phi) is 7.22. The van der Waals surface area contributed by atoms with Crippen LogP contribution in [0, 0.1) is 5.41 Å². The summed E-state index contributed by atoms with van der Waals surface area (Å²) in [6, 6.07) is 6.69. The number of amides is 1. The summed E-state index contributed by atoms with van der Waals surface area (Å²) in [7, 11) is -3.42. The van der Waals surface area contributed by atoms with Crippen LogP contribution in [0.1, 0.15) is 46.1 Å². The summed E-state index contributed by atoms with van der Waals surface area (Å²) in [5.41, 5.74) is 1.02. The third kappa shape index (κ3) is 7.61. The highest BCUT2D eigenvalue weighted by Gasteiger charge is 2.14. The fraction of sp³-hybridized carbons (Fsp3) is 0.588. The molecule has 130 valence electrons. The first-order valence-corrected chi connectivity index (χ1v) is 9.48. The number of hydrogen-bond donors (Lipinski definition) is 2. The Morgan fingerprint density at radius 2 is 1.74 bits per heavy atom. The molecule has 0 saturated heterocycles. The van der Waals surface area contributed by atoms with E-state index in [4.69, 9.17) is 0 Å². The Morgan fingerprint density at radius 1 is 1.13 bits per heavy atom. The van der Waals surface area contributed by atoms with Gasteiger partial charge in [0, 0.05) is 19.5 Å². The minimum Gasteiger partial charge on any atom is -0.356 e. The summed E-state index contributed by atoms with van der Waals surface area (Å²) in [5.74, 6) is 0.0150. The largest absolute Gasteiger partial charge is 0.356 e. The lowest BCUT2D eigenvalue weighted by Gasteiger charge is -2.18. The molecule has 0 atom stereocenters. The highest BCUT2D eigenvalue weighted by Crippen LogP contribution is 2.13. The molecule has 1 amide bonds. The number of aryl methyl sites for hydroxylation is 1. The molecular weight excluding hydrogens is 312 g/mol. The molecule has 0 bridgehead atoms. The Bertz CT molecular complexity index is 602. The van der Waals surface area contributed by atoms with E-state index in [1.807, 2.05) is 6.92 Å². The Labute approximate surface area is 139 Å². The highest BCUT2D eigenvalue weighted by atomic mass is 32.2. The summed E-state index contributed by atoms with van der Waals surface area (Å²) >= 11 is 0. The highest BCUT2D eigenvalue weighted by molar-refractivity contribution is 7.89. The maximum atomic E-state index is 12.0.